The molecule has 2 nitrogen and oxygen atoms in total. The molecule has 1 fully saturated rings. The Labute approximate surface area is 287 Å². The molecule has 2 unspecified atom stereocenters. The van der Waals surface area contributed by atoms with E-state index in [-0.39, 0.29) is 5.41 Å². The first-order chi connectivity index (χ1) is 24.8. The van der Waals surface area contributed by atoms with Crippen molar-refractivity contribution in [3.05, 3.63) is 168 Å². The highest BCUT2D eigenvalue weighted by molar-refractivity contribution is 6.33. The SMILES string of the molecule is c1ccc(C2CC23c2cc4ccccc4c4c2-c2c3ccc3ccc5c(c23)c2c-4cccc2n5-c2ccc3nc4ccccc4cc3c2)cc1. The molecule has 1 spiro atoms. The maximum absolute atomic E-state index is 5.01. The number of aromatic nitrogens is 2. The van der Waals surface area contributed by atoms with E-state index >= 15 is 0 Å². The molecule has 1 saturated carbocycles. The van der Waals surface area contributed by atoms with Crippen LogP contribution in [0.1, 0.15) is 29.0 Å². The van der Waals surface area contributed by atoms with Crippen LogP contribution in [0.3, 0.4) is 0 Å². The zero-order valence-corrected chi connectivity index (χ0v) is 27.1. The van der Waals surface area contributed by atoms with E-state index in [1.54, 1.807) is 0 Å². The minimum absolute atomic E-state index is 0.0107. The molecule has 8 aromatic carbocycles. The summed E-state index contributed by atoms with van der Waals surface area (Å²) < 4.78 is 2.51. The standard InChI is InChI=1S/C48H28N2/c1-2-9-27(10-3-1)37-26-48(37)35-20-17-28-18-22-41-47-42(28)45(35)46-36(48)25-29-11-4-6-13-33(29)43(46)34-14-8-16-40(44(34)47)50(41)32-19-21-39-31(24-32)23-30-12-5-7-15-38(30)49-39/h1-25,37H,26H2. The molecule has 2 heterocycles. The van der Waals surface area contributed by atoms with Gasteiger partial charge in [0.1, 0.15) is 0 Å². The summed E-state index contributed by atoms with van der Waals surface area (Å²) in [5.41, 5.74) is 15.9. The largest absolute Gasteiger partial charge is 0.309 e. The topological polar surface area (TPSA) is 17.8 Å². The molecule has 10 aromatic rings. The van der Waals surface area contributed by atoms with Crippen LogP contribution in [0.4, 0.5) is 0 Å². The van der Waals surface area contributed by atoms with Gasteiger partial charge in [0, 0.05) is 32.6 Å². The van der Waals surface area contributed by atoms with Gasteiger partial charge in [-0.3, -0.25) is 0 Å². The Bertz CT molecular complexity index is 3180. The van der Waals surface area contributed by atoms with Crippen LogP contribution in [-0.2, 0) is 5.41 Å². The fourth-order valence-electron chi connectivity index (χ4n) is 10.3. The number of fused-ring (bicyclic) bond motifs is 7. The molecule has 230 valence electrons. The van der Waals surface area contributed by atoms with Crippen molar-refractivity contribution in [2.45, 2.75) is 17.8 Å². The average Bonchev–Trinajstić information content (AvgIpc) is 3.78. The normalized spacial score (nSPS) is 18.2. The molecule has 0 bridgehead atoms. The van der Waals surface area contributed by atoms with Gasteiger partial charge in [0.05, 0.1) is 22.1 Å². The number of nitrogens with zero attached hydrogens (tertiary/aromatic N) is 2. The molecule has 0 N–H and O–H groups in total. The number of para-hydroxylation sites is 1. The van der Waals surface area contributed by atoms with Crippen LogP contribution < -0.4 is 0 Å². The van der Waals surface area contributed by atoms with Crippen molar-refractivity contribution in [1.29, 1.82) is 0 Å². The van der Waals surface area contributed by atoms with Crippen LogP contribution >= 0.6 is 0 Å². The maximum Gasteiger partial charge on any atom is 0.0711 e. The van der Waals surface area contributed by atoms with Crippen LogP contribution in [0.5, 0.6) is 0 Å². The molecule has 2 heteroatoms. The van der Waals surface area contributed by atoms with Crippen molar-refractivity contribution in [2.24, 2.45) is 0 Å². The molecule has 3 aliphatic carbocycles. The predicted octanol–water partition coefficient (Wildman–Crippen LogP) is 12.2. The van der Waals surface area contributed by atoms with Crippen LogP contribution in [0, 0.1) is 0 Å². The van der Waals surface area contributed by atoms with Gasteiger partial charge in [-0.15, -0.1) is 0 Å². The Morgan fingerprint density at radius 1 is 0.500 bits per heavy atom. The molecule has 0 saturated heterocycles. The minimum Gasteiger partial charge on any atom is -0.309 e. The summed E-state index contributed by atoms with van der Waals surface area (Å²) in [5.74, 6) is 0.468. The Hall–Kier alpha value is -6.25. The number of hydrogen-bond donors (Lipinski definition) is 0. The summed E-state index contributed by atoms with van der Waals surface area (Å²) in [7, 11) is 0. The predicted molar refractivity (Wildman–Crippen MR) is 208 cm³/mol. The van der Waals surface area contributed by atoms with E-state index in [9.17, 15) is 0 Å². The van der Waals surface area contributed by atoms with Gasteiger partial charge in [-0.05, 0) is 121 Å². The first-order valence-electron chi connectivity index (χ1n) is 17.7. The molecule has 2 atom stereocenters. The second kappa shape index (κ2) is 8.66. The molecule has 3 aliphatic rings. The lowest BCUT2D eigenvalue weighted by molar-refractivity contribution is 0.832. The zero-order valence-electron chi connectivity index (χ0n) is 27.1. The number of hydrogen-bond acceptors (Lipinski definition) is 1. The van der Waals surface area contributed by atoms with E-state index in [0.717, 1.165) is 22.8 Å². The van der Waals surface area contributed by atoms with E-state index < -0.39 is 0 Å². The maximum atomic E-state index is 5.01. The van der Waals surface area contributed by atoms with Crippen LogP contribution in [0.15, 0.2) is 152 Å². The van der Waals surface area contributed by atoms with E-state index in [0.29, 0.717) is 5.92 Å². The zero-order chi connectivity index (χ0) is 32.3. The number of benzene rings is 8. The highest BCUT2D eigenvalue weighted by atomic mass is 15.0. The summed E-state index contributed by atoms with van der Waals surface area (Å²) >= 11 is 0. The number of rotatable bonds is 2. The van der Waals surface area contributed by atoms with Gasteiger partial charge in [-0.25, -0.2) is 4.98 Å². The van der Waals surface area contributed by atoms with E-state index in [4.69, 9.17) is 4.98 Å². The second-order valence-corrected chi connectivity index (χ2v) is 14.7. The lowest BCUT2D eigenvalue weighted by Gasteiger charge is -2.18. The first-order valence-corrected chi connectivity index (χ1v) is 17.7. The fraction of sp³-hybridized carbons (Fsp3) is 0.0625. The molecule has 0 amide bonds. The minimum atomic E-state index is -0.0107. The summed E-state index contributed by atoms with van der Waals surface area (Å²) in [5, 5.41) is 10.5. The summed E-state index contributed by atoms with van der Waals surface area (Å²) in [4.78, 5) is 5.01. The lowest BCUT2D eigenvalue weighted by Crippen LogP contribution is -2.08. The molecule has 13 rings (SSSR count). The van der Waals surface area contributed by atoms with Gasteiger partial charge >= 0.3 is 0 Å². The molecule has 2 aromatic heterocycles. The van der Waals surface area contributed by atoms with Gasteiger partial charge in [0.2, 0.25) is 0 Å². The summed E-state index contributed by atoms with van der Waals surface area (Å²) in [6.07, 6.45) is 1.15. The van der Waals surface area contributed by atoms with Gasteiger partial charge in [-0.2, -0.15) is 0 Å². The van der Waals surface area contributed by atoms with Gasteiger partial charge in [0.25, 0.3) is 0 Å². The average molecular weight is 633 g/mol. The quantitative estimate of drug-likeness (QED) is 0.173. The monoisotopic (exact) mass is 632 g/mol. The lowest BCUT2D eigenvalue weighted by atomic mass is 9.84. The Morgan fingerprint density at radius 2 is 1.30 bits per heavy atom. The van der Waals surface area contributed by atoms with Crippen molar-refractivity contribution < 1.29 is 0 Å². The van der Waals surface area contributed by atoms with E-state index in [1.165, 1.54) is 93.4 Å². The Balaban J connectivity index is 1.20. The van der Waals surface area contributed by atoms with Crippen molar-refractivity contribution >= 4 is 65.2 Å². The first kappa shape index (κ1) is 25.7. The van der Waals surface area contributed by atoms with Gasteiger partial charge < -0.3 is 4.57 Å². The van der Waals surface area contributed by atoms with Crippen molar-refractivity contribution in [3.8, 4) is 27.9 Å². The third kappa shape index (κ3) is 2.93. The summed E-state index contributed by atoms with van der Waals surface area (Å²) in [6.45, 7) is 0. The van der Waals surface area contributed by atoms with Gasteiger partial charge in [0.15, 0.2) is 0 Å². The van der Waals surface area contributed by atoms with Crippen molar-refractivity contribution in [3.63, 3.8) is 0 Å². The van der Waals surface area contributed by atoms with E-state index in [2.05, 4.69) is 156 Å². The van der Waals surface area contributed by atoms with Gasteiger partial charge in [-0.1, -0.05) is 103 Å². The molecular weight excluding hydrogens is 605 g/mol. The smallest absolute Gasteiger partial charge is 0.0711 e. The third-order valence-electron chi connectivity index (χ3n) is 12.4. The highest BCUT2D eigenvalue weighted by Crippen LogP contribution is 2.73. The summed E-state index contributed by atoms with van der Waals surface area (Å²) in [6, 6.07) is 57.0. The molecular formula is C48H28N2. The number of pyridine rings is 1. The molecule has 0 aliphatic heterocycles. The van der Waals surface area contributed by atoms with Crippen molar-refractivity contribution in [1.82, 2.24) is 9.55 Å². The third-order valence-corrected chi connectivity index (χ3v) is 12.4. The Morgan fingerprint density at radius 3 is 2.24 bits per heavy atom. The molecule has 0 radical (unpaired) electrons. The van der Waals surface area contributed by atoms with Crippen molar-refractivity contribution in [2.75, 3.05) is 0 Å². The van der Waals surface area contributed by atoms with E-state index in [1.807, 2.05) is 0 Å². The Kier molecular flexibility index (Phi) is 4.46. The van der Waals surface area contributed by atoms with Crippen LogP contribution in [0.25, 0.3) is 93.1 Å². The van der Waals surface area contributed by atoms with Crippen LogP contribution in [0.2, 0.25) is 0 Å². The highest BCUT2D eigenvalue weighted by Gasteiger charge is 2.62. The van der Waals surface area contributed by atoms with Crippen LogP contribution in [-0.4, -0.2) is 9.55 Å². The fourth-order valence-corrected chi connectivity index (χ4v) is 10.3. The molecule has 50 heavy (non-hydrogen) atoms. The second-order valence-electron chi connectivity index (χ2n) is 14.7.